The molecule has 0 radical (unpaired) electrons. The van der Waals surface area contributed by atoms with Crippen LogP contribution in [0.4, 0.5) is 0 Å². The number of nitrogens with two attached hydrogens (primary N) is 3. The molecule has 0 saturated heterocycles. The highest BCUT2D eigenvalue weighted by Crippen LogP contribution is 2.60. The SMILES string of the molecule is NSP(=O)(NS(N)(=O)=O)SN. The molecule has 0 atom stereocenters. The van der Waals surface area contributed by atoms with Gasteiger partial charge in [-0.15, -0.1) is 4.49 Å². The Morgan fingerprint density at radius 3 is 1.73 bits per heavy atom. The van der Waals surface area contributed by atoms with Gasteiger partial charge in [-0.25, -0.2) is 5.14 Å². The van der Waals surface area contributed by atoms with Crippen LogP contribution >= 0.6 is 28.8 Å². The molecule has 0 spiro atoms. The van der Waals surface area contributed by atoms with Gasteiger partial charge < -0.3 is 0 Å². The van der Waals surface area contributed by atoms with Crippen molar-refractivity contribution in [3.05, 3.63) is 0 Å². The summed E-state index contributed by atoms with van der Waals surface area (Å²) in [5.74, 6) is 0. The Morgan fingerprint density at radius 2 is 1.64 bits per heavy atom. The Balaban J connectivity index is 4.47. The third-order valence-electron chi connectivity index (χ3n) is 0.517. The third-order valence-corrected chi connectivity index (χ3v) is 7.54. The van der Waals surface area contributed by atoms with Crippen LogP contribution in [0, 0.1) is 0 Å². The van der Waals surface area contributed by atoms with Gasteiger partial charge in [-0.3, -0.25) is 14.8 Å². The van der Waals surface area contributed by atoms with E-state index in [2.05, 4.69) is 5.14 Å². The van der Waals surface area contributed by atoms with Crippen molar-refractivity contribution in [3.63, 3.8) is 0 Å². The second kappa shape index (κ2) is 4.10. The molecular weight excluding hydrogens is 231 g/mol. The van der Waals surface area contributed by atoms with Crippen molar-refractivity contribution in [2.75, 3.05) is 0 Å². The molecule has 68 valence electrons. The van der Waals surface area contributed by atoms with Gasteiger partial charge in [0, 0.05) is 23.1 Å². The first-order valence-corrected chi connectivity index (χ1v) is 8.24. The topological polar surface area (TPSA) is 141 Å². The Morgan fingerprint density at radius 1 is 1.27 bits per heavy atom. The van der Waals surface area contributed by atoms with Crippen LogP contribution in [0.25, 0.3) is 0 Å². The van der Waals surface area contributed by atoms with Crippen LogP contribution in [0.2, 0.25) is 0 Å². The van der Waals surface area contributed by atoms with Crippen molar-refractivity contribution < 1.29 is 13.0 Å². The molecule has 0 amide bonds. The second-order valence-electron chi connectivity index (χ2n) is 1.34. The Hall–Kier alpha value is 0.720. The van der Waals surface area contributed by atoms with Crippen LogP contribution in [-0.4, -0.2) is 8.42 Å². The molecule has 0 aliphatic rings. The lowest BCUT2D eigenvalue weighted by atomic mass is 13.9. The van der Waals surface area contributed by atoms with E-state index in [0.717, 1.165) is 0 Å². The minimum atomic E-state index is -4.02. The van der Waals surface area contributed by atoms with Gasteiger partial charge in [-0.1, -0.05) is 0 Å². The van der Waals surface area contributed by atoms with E-state index >= 15 is 0 Å². The summed E-state index contributed by atoms with van der Waals surface area (Å²) in [6.45, 7) is 0. The van der Waals surface area contributed by atoms with Crippen LogP contribution < -0.4 is 19.9 Å². The van der Waals surface area contributed by atoms with Crippen LogP contribution in [0.1, 0.15) is 0 Å². The molecule has 0 heterocycles. The molecule has 0 aliphatic heterocycles. The van der Waals surface area contributed by atoms with Crippen LogP contribution in [-0.2, 0) is 14.8 Å². The van der Waals surface area contributed by atoms with E-state index in [1.54, 1.807) is 4.49 Å². The molecule has 0 aromatic carbocycles. The first-order chi connectivity index (χ1) is 4.83. The summed E-state index contributed by atoms with van der Waals surface area (Å²) in [7, 11) is -4.02. The number of rotatable bonds is 4. The maximum Gasteiger partial charge on any atom is 0.297 e. The first-order valence-electron chi connectivity index (χ1n) is 2.02. The number of nitrogens with one attached hydrogen (secondary N) is 1. The molecule has 0 aromatic heterocycles. The third kappa shape index (κ3) is 5.04. The normalized spacial score (nSPS) is 13.4. The summed E-state index contributed by atoms with van der Waals surface area (Å²) in [5.41, 5.74) is -3.38. The maximum absolute atomic E-state index is 11.1. The Bertz CT molecular complexity index is 250. The molecule has 0 aliphatic carbocycles. The lowest BCUT2D eigenvalue weighted by Gasteiger charge is -2.09. The molecule has 0 saturated carbocycles. The van der Waals surface area contributed by atoms with E-state index in [-0.39, 0.29) is 0 Å². The van der Waals surface area contributed by atoms with Crippen LogP contribution in [0.3, 0.4) is 0 Å². The molecule has 0 aromatic rings. The maximum atomic E-state index is 11.1. The second-order valence-corrected chi connectivity index (χ2v) is 9.63. The van der Waals surface area contributed by atoms with Crippen molar-refractivity contribution in [2.45, 2.75) is 0 Å². The van der Waals surface area contributed by atoms with Gasteiger partial charge in [0.15, 0.2) is 0 Å². The highest BCUT2D eigenvalue weighted by molar-refractivity contribution is 8.89. The van der Waals surface area contributed by atoms with Gasteiger partial charge in [0.05, 0.1) is 0 Å². The largest absolute Gasteiger partial charge is 0.297 e. The zero-order valence-corrected chi connectivity index (χ0v) is 8.47. The fraction of sp³-hybridized carbons (Fsp3) is 0. The van der Waals surface area contributed by atoms with E-state index in [4.69, 9.17) is 10.3 Å². The fourth-order valence-electron chi connectivity index (χ4n) is 0.224. The molecule has 7 nitrogen and oxygen atoms in total. The van der Waals surface area contributed by atoms with Crippen molar-refractivity contribution in [2.24, 2.45) is 15.4 Å². The van der Waals surface area contributed by atoms with Crippen molar-refractivity contribution in [1.29, 1.82) is 0 Å². The Kier molecular flexibility index (Phi) is 4.37. The first kappa shape index (κ1) is 11.7. The fourth-order valence-corrected chi connectivity index (χ4v) is 5.11. The molecule has 0 bridgehead atoms. The van der Waals surface area contributed by atoms with Crippen molar-refractivity contribution in [3.8, 4) is 0 Å². The molecule has 0 fully saturated rings. The van der Waals surface area contributed by atoms with E-state index < -0.39 is 15.9 Å². The predicted octanol–water partition coefficient (Wildman–Crippen LogP) is -0.899. The van der Waals surface area contributed by atoms with Gasteiger partial charge in [-0.05, 0) is 0 Å². The number of hydrogen-bond acceptors (Lipinski definition) is 7. The lowest BCUT2D eigenvalue weighted by Crippen LogP contribution is -2.27. The zero-order chi connectivity index (χ0) is 9.12. The average Bonchev–Trinajstić information content (AvgIpc) is 1.84. The summed E-state index contributed by atoms with van der Waals surface area (Å²) in [4.78, 5) is 0. The van der Waals surface area contributed by atoms with Gasteiger partial charge in [0.1, 0.15) is 0 Å². The smallest absolute Gasteiger partial charge is 0.279 e. The van der Waals surface area contributed by atoms with E-state index in [9.17, 15) is 13.0 Å². The van der Waals surface area contributed by atoms with E-state index in [1.807, 2.05) is 0 Å². The molecule has 0 rings (SSSR count). The standard InChI is InChI=1S/H7N4O3PS3/c1-9-8(5,10-2)4-11(3,6)7/h1-2H2,(H,4,5)(H2,3,6,7). The lowest BCUT2D eigenvalue weighted by molar-refractivity contribution is 0.581. The van der Waals surface area contributed by atoms with Crippen molar-refractivity contribution >= 4 is 39.0 Å². The van der Waals surface area contributed by atoms with Gasteiger partial charge in [0.2, 0.25) is 0 Å². The monoisotopic (exact) mass is 238 g/mol. The minimum absolute atomic E-state index is 0.322. The summed E-state index contributed by atoms with van der Waals surface area (Å²) >= 11 is 0.645. The molecule has 11 heavy (non-hydrogen) atoms. The van der Waals surface area contributed by atoms with Crippen molar-refractivity contribution in [1.82, 2.24) is 4.49 Å². The molecular formula is H7N4O3PS3. The average molecular weight is 238 g/mol. The summed E-state index contributed by atoms with van der Waals surface area (Å²) in [5, 5.41) is 14.3. The molecule has 0 unspecified atom stereocenters. The number of hydrogen-bond donors (Lipinski definition) is 4. The van der Waals surface area contributed by atoms with E-state index in [1.165, 1.54) is 0 Å². The van der Waals surface area contributed by atoms with Gasteiger partial charge in [0.25, 0.3) is 15.9 Å². The van der Waals surface area contributed by atoms with Gasteiger partial charge >= 0.3 is 0 Å². The van der Waals surface area contributed by atoms with Crippen LogP contribution in [0.5, 0.6) is 0 Å². The predicted molar refractivity (Wildman–Crippen MR) is 47.4 cm³/mol. The highest BCUT2D eigenvalue weighted by atomic mass is 33.1. The van der Waals surface area contributed by atoms with Crippen LogP contribution in [0.15, 0.2) is 0 Å². The Labute approximate surface area is 72.2 Å². The molecule has 7 N–H and O–H groups in total. The molecule has 11 heteroatoms. The summed E-state index contributed by atoms with van der Waals surface area (Å²) < 4.78 is 33.3. The van der Waals surface area contributed by atoms with E-state index in [0.29, 0.717) is 23.1 Å². The van der Waals surface area contributed by atoms with Gasteiger partial charge in [-0.2, -0.15) is 8.42 Å². The quantitative estimate of drug-likeness (QED) is 0.367. The minimum Gasteiger partial charge on any atom is -0.279 e. The summed E-state index contributed by atoms with van der Waals surface area (Å²) in [6.07, 6.45) is 0. The highest BCUT2D eigenvalue weighted by Gasteiger charge is 2.25. The zero-order valence-electron chi connectivity index (χ0n) is 5.13. The summed E-state index contributed by atoms with van der Waals surface area (Å²) in [6, 6.07) is 0.